The van der Waals surface area contributed by atoms with Gasteiger partial charge in [0.1, 0.15) is 5.75 Å². The minimum Gasteiger partial charge on any atom is -0.497 e. The normalized spacial score (nSPS) is 24.0. The molecule has 1 amide bonds. The van der Waals surface area contributed by atoms with Crippen LogP contribution in [0.3, 0.4) is 0 Å². The van der Waals surface area contributed by atoms with Gasteiger partial charge in [0, 0.05) is 31.9 Å². The molecule has 0 bridgehead atoms. The lowest BCUT2D eigenvalue weighted by atomic mass is 10.2. The Labute approximate surface area is 156 Å². The minimum absolute atomic E-state index is 0.0642. The van der Waals surface area contributed by atoms with E-state index < -0.39 is 0 Å². The summed E-state index contributed by atoms with van der Waals surface area (Å²) in [6.07, 6.45) is 9.32. The quantitative estimate of drug-likeness (QED) is 0.832. The molecule has 6 heteroatoms. The first-order chi connectivity index (χ1) is 12.7. The molecule has 1 aromatic rings. The minimum atomic E-state index is 0.0642. The highest BCUT2D eigenvalue weighted by atomic mass is 31.1. The van der Waals surface area contributed by atoms with Gasteiger partial charge in [0.2, 0.25) is 0 Å². The number of benzene rings is 1. The number of methoxy groups -OCH3 is 1. The van der Waals surface area contributed by atoms with Crippen LogP contribution in [-0.2, 0) is 4.79 Å². The first-order valence-electron chi connectivity index (χ1n) is 9.05. The summed E-state index contributed by atoms with van der Waals surface area (Å²) in [4.78, 5) is 17.0. The van der Waals surface area contributed by atoms with Crippen LogP contribution >= 0.6 is 8.58 Å². The van der Waals surface area contributed by atoms with E-state index in [9.17, 15) is 4.79 Å². The summed E-state index contributed by atoms with van der Waals surface area (Å²) in [5.41, 5.74) is 2.24. The maximum Gasteiger partial charge on any atom is 0.252 e. The molecule has 3 aliphatic rings. The number of nitrogens with one attached hydrogen (secondary N) is 1. The molecule has 1 fully saturated rings. The van der Waals surface area contributed by atoms with Gasteiger partial charge in [-0.2, -0.15) is 0 Å². The van der Waals surface area contributed by atoms with E-state index in [2.05, 4.69) is 22.4 Å². The second kappa shape index (κ2) is 7.65. The molecule has 1 N–H and O–H groups in total. The van der Waals surface area contributed by atoms with Crippen LogP contribution in [0.15, 0.2) is 54.4 Å². The van der Waals surface area contributed by atoms with Gasteiger partial charge in [0.25, 0.3) is 5.91 Å². The van der Waals surface area contributed by atoms with Gasteiger partial charge in [-0.15, -0.1) is 0 Å². The molecule has 0 radical (unpaired) electrons. The number of fused-ring (bicyclic) bond motifs is 1. The van der Waals surface area contributed by atoms with Crippen molar-refractivity contribution in [2.24, 2.45) is 0 Å². The van der Waals surface area contributed by atoms with Crippen molar-refractivity contribution in [2.75, 3.05) is 33.3 Å². The van der Waals surface area contributed by atoms with Crippen LogP contribution in [-0.4, -0.2) is 54.8 Å². The Morgan fingerprint density at radius 3 is 2.85 bits per heavy atom. The number of carbonyl (C=O) groups is 1. The highest BCUT2D eigenvalue weighted by Crippen LogP contribution is 2.44. The van der Waals surface area contributed by atoms with Crippen LogP contribution in [0.25, 0.3) is 5.31 Å². The largest absolute Gasteiger partial charge is 0.497 e. The summed E-state index contributed by atoms with van der Waals surface area (Å²) >= 11 is 0. The summed E-state index contributed by atoms with van der Waals surface area (Å²) in [6.45, 7) is 4.07. The number of allylic oxidation sites excluding steroid dienone is 1. The molecule has 2 unspecified atom stereocenters. The second-order valence-corrected chi connectivity index (χ2v) is 8.04. The molecule has 136 valence electrons. The first-order valence-corrected chi connectivity index (χ1v) is 10.1. The average molecular weight is 369 g/mol. The molecule has 0 spiro atoms. The van der Waals surface area contributed by atoms with Gasteiger partial charge >= 0.3 is 0 Å². The molecule has 3 aliphatic heterocycles. The molecule has 1 saturated heterocycles. The highest BCUT2D eigenvalue weighted by molar-refractivity contribution is 7.51. The van der Waals surface area contributed by atoms with Crippen LogP contribution < -0.4 is 10.1 Å². The van der Waals surface area contributed by atoms with Crippen molar-refractivity contribution < 1.29 is 9.53 Å². The number of nitrogens with zero attached hydrogens (tertiary/aromatic N) is 2. The van der Waals surface area contributed by atoms with Gasteiger partial charge in [-0.25, -0.2) is 0 Å². The van der Waals surface area contributed by atoms with E-state index in [1.165, 1.54) is 0 Å². The second-order valence-electron chi connectivity index (χ2n) is 6.62. The van der Waals surface area contributed by atoms with E-state index in [0.29, 0.717) is 8.58 Å². The predicted molar refractivity (Wildman–Crippen MR) is 106 cm³/mol. The van der Waals surface area contributed by atoms with E-state index in [1.807, 2.05) is 35.4 Å². The Hall–Kier alpha value is -2.10. The summed E-state index contributed by atoms with van der Waals surface area (Å²) in [6, 6.07) is 7.94. The Kier molecular flexibility index (Phi) is 5.09. The maximum atomic E-state index is 12.8. The standard InChI is InChI=1S/C20H24N3O2P/c1-25-17-6-3-15(4-7-17)18-13-19(24)23-14-16(5-8-20(23)26-18)22-11-2-9-21-10-12-22/h3-8,13-14,20-21,26H,2,9-12H2,1H3. The third kappa shape index (κ3) is 3.55. The van der Waals surface area contributed by atoms with Crippen molar-refractivity contribution in [3.8, 4) is 5.75 Å². The Bertz CT molecular complexity index is 762. The summed E-state index contributed by atoms with van der Waals surface area (Å²) in [5, 5.41) is 4.53. The zero-order valence-electron chi connectivity index (χ0n) is 14.9. The smallest absolute Gasteiger partial charge is 0.252 e. The van der Waals surface area contributed by atoms with Crippen LogP contribution in [0.2, 0.25) is 0 Å². The number of hydrogen-bond donors (Lipinski definition) is 1. The first kappa shape index (κ1) is 17.3. The topological polar surface area (TPSA) is 44.8 Å². The van der Waals surface area contributed by atoms with E-state index in [1.54, 1.807) is 13.2 Å². The fourth-order valence-corrected chi connectivity index (χ4v) is 4.89. The molecule has 1 aromatic carbocycles. The summed E-state index contributed by atoms with van der Waals surface area (Å²) in [5.74, 6) is 1.02. The number of amides is 1. The SMILES string of the molecule is COc1ccc(C2=CC(=O)N3C=C(N4CCCNCC4)C=CC3P2)cc1. The molecule has 4 rings (SSSR count). The van der Waals surface area contributed by atoms with E-state index in [4.69, 9.17) is 4.74 Å². The molecule has 0 saturated carbocycles. The third-order valence-corrected chi connectivity index (χ3v) is 6.46. The zero-order valence-corrected chi connectivity index (χ0v) is 15.9. The van der Waals surface area contributed by atoms with E-state index in [0.717, 1.165) is 54.9 Å². The Balaban J connectivity index is 1.54. The van der Waals surface area contributed by atoms with Crippen molar-refractivity contribution in [3.63, 3.8) is 0 Å². The average Bonchev–Trinajstić information content (AvgIpc) is 2.97. The Morgan fingerprint density at radius 1 is 1.19 bits per heavy atom. The summed E-state index contributed by atoms with van der Waals surface area (Å²) < 4.78 is 5.22. The zero-order chi connectivity index (χ0) is 17.9. The Morgan fingerprint density at radius 2 is 2.04 bits per heavy atom. The van der Waals surface area contributed by atoms with Crippen molar-refractivity contribution >= 4 is 19.8 Å². The fourth-order valence-electron chi connectivity index (χ4n) is 3.49. The number of rotatable bonds is 3. The van der Waals surface area contributed by atoms with Gasteiger partial charge in [0.05, 0.1) is 18.6 Å². The van der Waals surface area contributed by atoms with Crippen LogP contribution in [0.5, 0.6) is 5.75 Å². The van der Waals surface area contributed by atoms with Gasteiger partial charge < -0.3 is 19.9 Å². The number of hydrogen-bond acceptors (Lipinski definition) is 4. The summed E-state index contributed by atoms with van der Waals surface area (Å²) in [7, 11) is 2.21. The lowest BCUT2D eigenvalue weighted by Crippen LogP contribution is -2.38. The van der Waals surface area contributed by atoms with Crippen LogP contribution in [0.4, 0.5) is 0 Å². The lowest BCUT2D eigenvalue weighted by molar-refractivity contribution is -0.123. The highest BCUT2D eigenvalue weighted by Gasteiger charge is 2.29. The molecule has 26 heavy (non-hydrogen) atoms. The van der Waals surface area contributed by atoms with Gasteiger partial charge in [-0.05, 0) is 42.1 Å². The molecule has 2 atom stereocenters. The fraction of sp³-hybridized carbons (Fsp3) is 0.350. The van der Waals surface area contributed by atoms with Crippen LogP contribution in [0, 0.1) is 0 Å². The van der Waals surface area contributed by atoms with Crippen molar-refractivity contribution in [1.29, 1.82) is 0 Å². The maximum absolute atomic E-state index is 12.8. The van der Waals surface area contributed by atoms with Gasteiger partial charge in [0.15, 0.2) is 0 Å². The van der Waals surface area contributed by atoms with Crippen molar-refractivity contribution in [1.82, 2.24) is 15.1 Å². The van der Waals surface area contributed by atoms with Crippen molar-refractivity contribution in [2.45, 2.75) is 12.2 Å². The molecule has 0 aliphatic carbocycles. The molecule has 0 aromatic heterocycles. The van der Waals surface area contributed by atoms with Crippen LogP contribution in [0.1, 0.15) is 12.0 Å². The molecular formula is C20H24N3O2P. The predicted octanol–water partition coefficient (Wildman–Crippen LogP) is 2.59. The third-order valence-electron chi connectivity index (χ3n) is 4.95. The van der Waals surface area contributed by atoms with E-state index in [-0.39, 0.29) is 11.7 Å². The number of ether oxygens (including phenoxy) is 1. The van der Waals surface area contributed by atoms with Gasteiger partial charge in [-0.1, -0.05) is 26.8 Å². The van der Waals surface area contributed by atoms with E-state index >= 15 is 0 Å². The van der Waals surface area contributed by atoms with Crippen molar-refractivity contribution in [3.05, 3.63) is 60.0 Å². The molecular weight excluding hydrogens is 345 g/mol. The molecule has 3 heterocycles. The number of carbonyl (C=O) groups excluding carboxylic acids is 1. The monoisotopic (exact) mass is 369 g/mol. The van der Waals surface area contributed by atoms with Gasteiger partial charge in [-0.3, -0.25) is 4.79 Å². The molecule has 5 nitrogen and oxygen atoms in total. The lowest BCUT2D eigenvalue weighted by Gasteiger charge is -2.36.